The van der Waals surface area contributed by atoms with E-state index in [2.05, 4.69) is 29.3 Å². The van der Waals surface area contributed by atoms with E-state index < -0.39 is 0 Å². The van der Waals surface area contributed by atoms with Crippen molar-refractivity contribution in [3.8, 4) is 0 Å². The van der Waals surface area contributed by atoms with Crippen molar-refractivity contribution in [1.82, 2.24) is 10.2 Å². The van der Waals surface area contributed by atoms with Gasteiger partial charge in [0.15, 0.2) is 0 Å². The fourth-order valence-corrected chi connectivity index (χ4v) is 3.88. The number of hydrogen-bond donors (Lipinski definition) is 1. The fourth-order valence-electron chi connectivity index (χ4n) is 2.82. The molecule has 0 aliphatic carbocycles. The first-order chi connectivity index (χ1) is 10.2. The molecule has 5 heteroatoms. The van der Waals surface area contributed by atoms with Crippen LogP contribution < -0.4 is 5.32 Å². The van der Waals surface area contributed by atoms with Gasteiger partial charge in [-0.2, -0.15) is 0 Å². The standard InChI is InChI=1S/C17H26N2OS.ClH/c1-3-16(21-15-7-5-4-6-8-15)17(20)19-11-9-14(10-12-19)13-18-2;/h4-8,14,16,18H,3,9-13H2,1-2H3;1H. The van der Waals surface area contributed by atoms with Gasteiger partial charge in [0.25, 0.3) is 0 Å². The van der Waals surface area contributed by atoms with Crippen molar-refractivity contribution in [2.24, 2.45) is 5.92 Å². The number of carbonyl (C=O) groups is 1. The van der Waals surface area contributed by atoms with Gasteiger partial charge in [-0.1, -0.05) is 25.1 Å². The zero-order valence-corrected chi connectivity index (χ0v) is 15.1. The molecule has 124 valence electrons. The van der Waals surface area contributed by atoms with E-state index >= 15 is 0 Å². The fraction of sp³-hybridized carbons (Fsp3) is 0.588. The van der Waals surface area contributed by atoms with Gasteiger partial charge in [-0.05, 0) is 50.9 Å². The smallest absolute Gasteiger partial charge is 0.236 e. The molecular formula is C17H27ClN2OS. The lowest BCUT2D eigenvalue weighted by molar-refractivity contribution is -0.132. The number of rotatable bonds is 6. The van der Waals surface area contributed by atoms with Crippen LogP contribution in [-0.4, -0.2) is 42.7 Å². The maximum Gasteiger partial charge on any atom is 0.236 e. The van der Waals surface area contributed by atoms with Crippen LogP contribution in [0.4, 0.5) is 0 Å². The first-order valence-corrected chi connectivity index (χ1v) is 8.77. The Balaban J connectivity index is 0.00000242. The van der Waals surface area contributed by atoms with Crippen molar-refractivity contribution in [2.45, 2.75) is 36.3 Å². The number of thioether (sulfide) groups is 1. The highest BCUT2D eigenvalue weighted by molar-refractivity contribution is 8.00. The van der Waals surface area contributed by atoms with Gasteiger partial charge < -0.3 is 10.2 Å². The Bertz CT molecular complexity index is 436. The van der Waals surface area contributed by atoms with Gasteiger partial charge in [-0.25, -0.2) is 0 Å². The molecule has 2 rings (SSSR count). The number of nitrogens with one attached hydrogen (secondary N) is 1. The maximum atomic E-state index is 12.7. The molecule has 1 amide bonds. The lowest BCUT2D eigenvalue weighted by Crippen LogP contribution is -2.44. The van der Waals surface area contributed by atoms with Crippen LogP contribution in [0, 0.1) is 5.92 Å². The Morgan fingerprint density at radius 1 is 1.32 bits per heavy atom. The summed E-state index contributed by atoms with van der Waals surface area (Å²) in [6, 6.07) is 10.2. The molecule has 1 aromatic rings. The molecule has 1 aliphatic rings. The summed E-state index contributed by atoms with van der Waals surface area (Å²) in [6.45, 7) is 5.00. The molecule has 0 spiro atoms. The SMILES string of the molecule is CCC(Sc1ccccc1)C(=O)N1CCC(CNC)CC1.Cl. The van der Waals surface area contributed by atoms with Crippen molar-refractivity contribution in [3.05, 3.63) is 30.3 Å². The number of nitrogens with zero attached hydrogens (tertiary/aromatic N) is 1. The Morgan fingerprint density at radius 2 is 1.95 bits per heavy atom. The van der Waals surface area contributed by atoms with Crippen LogP contribution in [0.1, 0.15) is 26.2 Å². The molecular weight excluding hydrogens is 316 g/mol. The monoisotopic (exact) mass is 342 g/mol. The highest BCUT2D eigenvalue weighted by atomic mass is 35.5. The predicted molar refractivity (Wildman–Crippen MR) is 96.9 cm³/mol. The number of hydrogen-bond acceptors (Lipinski definition) is 3. The van der Waals surface area contributed by atoms with Crippen molar-refractivity contribution >= 4 is 30.1 Å². The molecule has 1 heterocycles. The average molecular weight is 343 g/mol. The van der Waals surface area contributed by atoms with Crippen LogP contribution >= 0.6 is 24.2 Å². The van der Waals surface area contributed by atoms with Crippen molar-refractivity contribution in [3.63, 3.8) is 0 Å². The van der Waals surface area contributed by atoms with E-state index in [1.165, 1.54) is 4.90 Å². The molecule has 1 saturated heterocycles. The van der Waals surface area contributed by atoms with E-state index in [1.807, 2.05) is 25.2 Å². The molecule has 0 radical (unpaired) electrons. The second-order valence-electron chi connectivity index (χ2n) is 5.65. The van der Waals surface area contributed by atoms with E-state index in [-0.39, 0.29) is 17.7 Å². The molecule has 1 aliphatic heterocycles. The third kappa shape index (κ3) is 5.49. The van der Waals surface area contributed by atoms with E-state index in [1.54, 1.807) is 11.8 Å². The van der Waals surface area contributed by atoms with Gasteiger partial charge in [-0.15, -0.1) is 24.2 Å². The zero-order chi connectivity index (χ0) is 15.1. The first-order valence-electron chi connectivity index (χ1n) is 7.89. The summed E-state index contributed by atoms with van der Waals surface area (Å²) >= 11 is 1.70. The van der Waals surface area contributed by atoms with Crippen LogP contribution in [0.2, 0.25) is 0 Å². The van der Waals surface area contributed by atoms with Crippen molar-refractivity contribution < 1.29 is 4.79 Å². The molecule has 1 N–H and O–H groups in total. The van der Waals surface area contributed by atoms with Crippen LogP contribution in [0.3, 0.4) is 0 Å². The molecule has 1 unspecified atom stereocenters. The lowest BCUT2D eigenvalue weighted by atomic mass is 9.96. The van der Waals surface area contributed by atoms with Gasteiger partial charge >= 0.3 is 0 Å². The van der Waals surface area contributed by atoms with E-state index in [9.17, 15) is 4.79 Å². The third-order valence-corrected chi connectivity index (χ3v) is 5.45. The normalized spacial score (nSPS) is 16.9. The van der Waals surface area contributed by atoms with Crippen LogP contribution in [-0.2, 0) is 4.79 Å². The molecule has 1 fully saturated rings. The van der Waals surface area contributed by atoms with Gasteiger partial charge in [0, 0.05) is 18.0 Å². The molecule has 0 aromatic heterocycles. The average Bonchev–Trinajstić information content (AvgIpc) is 2.54. The van der Waals surface area contributed by atoms with E-state index in [0.29, 0.717) is 5.91 Å². The molecule has 22 heavy (non-hydrogen) atoms. The number of halogens is 1. The summed E-state index contributed by atoms with van der Waals surface area (Å²) in [5, 5.41) is 3.29. The minimum absolute atomic E-state index is 0. The Hall–Kier alpha value is -0.710. The molecule has 0 bridgehead atoms. The van der Waals surface area contributed by atoms with Crippen LogP contribution in [0.15, 0.2) is 35.2 Å². The summed E-state index contributed by atoms with van der Waals surface area (Å²) in [7, 11) is 2.00. The summed E-state index contributed by atoms with van der Waals surface area (Å²) in [4.78, 5) is 15.9. The van der Waals surface area contributed by atoms with Gasteiger partial charge in [-0.3, -0.25) is 4.79 Å². The third-order valence-electron chi connectivity index (χ3n) is 4.09. The van der Waals surface area contributed by atoms with Gasteiger partial charge in [0.05, 0.1) is 5.25 Å². The summed E-state index contributed by atoms with van der Waals surface area (Å²) in [6.07, 6.45) is 3.13. The first kappa shape index (κ1) is 19.3. The Morgan fingerprint density at radius 3 is 2.50 bits per heavy atom. The summed E-state index contributed by atoms with van der Waals surface area (Å²) in [5.74, 6) is 1.04. The Labute approximate surface area is 144 Å². The Kier molecular flexibility index (Phi) is 8.91. The van der Waals surface area contributed by atoms with Crippen molar-refractivity contribution in [1.29, 1.82) is 0 Å². The highest BCUT2D eigenvalue weighted by Gasteiger charge is 2.27. The predicted octanol–water partition coefficient (Wildman–Crippen LogP) is 3.44. The minimum atomic E-state index is 0. The summed E-state index contributed by atoms with van der Waals surface area (Å²) in [5.41, 5.74) is 0. The zero-order valence-electron chi connectivity index (χ0n) is 13.5. The van der Waals surface area contributed by atoms with Crippen LogP contribution in [0.25, 0.3) is 0 Å². The second kappa shape index (κ2) is 10.1. The lowest BCUT2D eigenvalue weighted by Gasteiger charge is -2.34. The number of carbonyl (C=O) groups excluding carboxylic acids is 1. The topological polar surface area (TPSA) is 32.3 Å². The van der Waals surface area contributed by atoms with Crippen LogP contribution in [0.5, 0.6) is 0 Å². The number of benzene rings is 1. The molecule has 1 aromatic carbocycles. The number of piperidine rings is 1. The minimum Gasteiger partial charge on any atom is -0.342 e. The number of likely N-dealkylation sites (tertiary alicyclic amines) is 1. The largest absolute Gasteiger partial charge is 0.342 e. The summed E-state index contributed by atoms with van der Waals surface area (Å²) < 4.78 is 0. The highest BCUT2D eigenvalue weighted by Crippen LogP contribution is 2.28. The van der Waals surface area contributed by atoms with Gasteiger partial charge in [0.1, 0.15) is 0 Å². The van der Waals surface area contributed by atoms with Gasteiger partial charge in [0.2, 0.25) is 5.91 Å². The maximum absolute atomic E-state index is 12.7. The van der Waals surface area contributed by atoms with E-state index in [0.717, 1.165) is 44.8 Å². The molecule has 3 nitrogen and oxygen atoms in total. The number of amides is 1. The van der Waals surface area contributed by atoms with Crippen molar-refractivity contribution in [2.75, 3.05) is 26.7 Å². The molecule has 1 atom stereocenters. The quantitative estimate of drug-likeness (QED) is 0.804. The van der Waals surface area contributed by atoms with E-state index in [4.69, 9.17) is 0 Å². The molecule has 0 saturated carbocycles. The second-order valence-corrected chi connectivity index (χ2v) is 6.93.